The van der Waals surface area contributed by atoms with E-state index in [1.165, 1.54) is 18.6 Å². The minimum absolute atomic E-state index is 0.608. The molecule has 0 N–H and O–H groups in total. The summed E-state index contributed by atoms with van der Waals surface area (Å²) in [5.41, 5.74) is 1.43. The Morgan fingerprint density at radius 1 is 1.38 bits per heavy atom. The summed E-state index contributed by atoms with van der Waals surface area (Å²) in [5.74, 6) is 0.608. The molecule has 0 unspecified atom stereocenters. The maximum absolute atomic E-state index is 2.37. The van der Waals surface area contributed by atoms with Gasteiger partial charge in [0.15, 0.2) is 6.54 Å². The minimum atomic E-state index is 0.608. The lowest BCUT2D eigenvalue weighted by atomic mass is 10.1. The second kappa shape index (κ2) is 4.45. The maximum atomic E-state index is 2.37. The van der Waals surface area contributed by atoms with E-state index in [0.29, 0.717) is 5.92 Å². The summed E-state index contributed by atoms with van der Waals surface area (Å²) in [6.45, 7) is 5.65. The summed E-state index contributed by atoms with van der Waals surface area (Å²) in [7, 11) is 4.23. The molecule has 0 fully saturated rings. The molecule has 74 valence electrons. The zero-order valence-corrected chi connectivity index (χ0v) is 9.25. The fraction of sp³-hybridized carbons (Fsp3) is 0.727. The van der Waals surface area contributed by atoms with Crippen molar-refractivity contribution in [1.82, 2.24) is 5.01 Å². The molecule has 1 rings (SSSR count). The molecule has 0 saturated carbocycles. The van der Waals surface area contributed by atoms with Crippen molar-refractivity contribution in [3.8, 4) is 0 Å². The normalized spacial score (nSPS) is 17.9. The van der Waals surface area contributed by atoms with Gasteiger partial charge in [0.05, 0.1) is 14.1 Å². The van der Waals surface area contributed by atoms with Crippen LogP contribution in [0.3, 0.4) is 0 Å². The number of hydrogen-bond donors (Lipinski definition) is 0. The monoisotopic (exact) mass is 181 g/mol. The first kappa shape index (κ1) is 10.3. The zero-order chi connectivity index (χ0) is 9.84. The van der Waals surface area contributed by atoms with Crippen LogP contribution in [0.15, 0.2) is 12.2 Å². The van der Waals surface area contributed by atoms with E-state index in [1.807, 2.05) is 0 Å². The fourth-order valence-electron chi connectivity index (χ4n) is 1.70. The van der Waals surface area contributed by atoms with Crippen LogP contribution < -0.4 is 0 Å². The lowest BCUT2D eigenvalue weighted by Gasteiger charge is -2.14. The van der Waals surface area contributed by atoms with Crippen LogP contribution in [-0.4, -0.2) is 36.0 Å². The van der Waals surface area contributed by atoms with E-state index in [0.717, 1.165) is 6.54 Å². The van der Waals surface area contributed by atoms with Gasteiger partial charge in [-0.05, 0) is 6.42 Å². The quantitative estimate of drug-likeness (QED) is 0.590. The van der Waals surface area contributed by atoms with Crippen molar-refractivity contribution in [2.45, 2.75) is 26.7 Å². The van der Waals surface area contributed by atoms with Gasteiger partial charge in [0, 0.05) is 18.4 Å². The van der Waals surface area contributed by atoms with E-state index >= 15 is 0 Å². The van der Waals surface area contributed by atoms with Crippen molar-refractivity contribution in [2.24, 2.45) is 5.92 Å². The van der Waals surface area contributed by atoms with E-state index in [2.05, 4.69) is 49.8 Å². The predicted octanol–water partition coefficient (Wildman–Crippen LogP) is 1.92. The van der Waals surface area contributed by atoms with Crippen molar-refractivity contribution in [3.63, 3.8) is 0 Å². The third-order valence-corrected chi connectivity index (χ3v) is 2.40. The van der Waals surface area contributed by atoms with Crippen molar-refractivity contribution < 1.29 is 4.68 Å². The van der Waals surface area contributed by atoms with Gasteiger partial charge in [-0.1, -0.05) is 19.9 Å². The summed E-state index contributed by atoms with van der Waals surface area (Å²) in [4.78, 5) is 0. The third kappa shape index (κ3) is 2.58. The zero-order valence-electron chi connectivity index (χ0n) is 9.25. The number of hydrogen-bond acceptors (Lipinski definition) is 1. The van der Waals surface area contributed by atoms with Gasteiger partial charge >= 0.3 is 0 Å². The average Bonchev–Trinajstić information content (AvgIpc) is 2.27. The molecule has 0 radical (unpaired) electrons. The van der Waals surface area contributed by atoms with E-state index < -0.39 is 0 Å². The molecule has 0 amide bonds. The molecule has 0 aromatic heterocycles. The second-order valence-corrected chi connectivity index (χ2v) is 4.09. The summed E-state index contributed by atoms with van der Waals surface area (Å²) in [6.07, 6.45) is 7.03. The molecular formula is C11H21N2+. The van der Waals surface area contributed by atoms with Gasteiger partial charge in [0.25, 0.3) is 0 Å². The number of nitrogens with zero attached hydrogens (tertiary/aromatic N) is 2. The van der Waals surface area contributed by atoms with Crippen LogP contribution in [0.2, 0.25) is 0 Å². The van der Waals surface area contributed by atoms with Crippen LogP contribution in [0.1, 0.15) is 26.7 Å². The number of allylic oxidation sites excluding steroid dienone is 2. The highest BCUT2D eigenvalue weighted by Gasteiger charge is 2.19. The number of hydrazine groups is 1. The first-order valence-electron chi connectivity index (χ1n) is 5.11. The molecule has 0 aromatic carbocycles. The highest BCUT2D eigenvalue weighted by molar-refractivity contribution is 5.92. The van der Waals surface area contributed by atoms with E-state index in [-0.39, 0.29) is 0 Å². The molecule has 1 heterocycles. The highest BCUT2D eigenvalue weighted by Crippen LogP contribution is 2.07. The van der Waals surface area contributed by atoms with Gasteiger partial charge in [-0.2, -0.15) is 5.01 Å². The predicted molar refractivity (Wildman–Crippen MR) is 57.0 cm³/mol. The van der Waals surface area contributed by atoms with Crippen molar-refractivity contribution >= 4 is 5.71 Å². The van der Waals surface area contributed by atoms with Crippen LogP contribution in [-0.2, 0) is 0 Å². The first-order valence-corrected chi connectivity index (χ1v) is 5.11. The Morgan fingerprint density at radius 2 is 2.08 bits per heavy atom. The largest absolute Gasteiger partial charge is 0.208 e. The average molecular weight is 181 g/mol. The molecule has 0 aromatic rings. The van der Waals surface area contributed by atoms with Crippen molar-refractivity contribution in [1.29, 1.82) is 0 Å². The minimum Gasteiger partial charge on any atom is -0.192 e. The molecule has 2 heteroatoms. The van der Waals surface area contributed by atoms with Crippen LogP contribution >= 0.6 is 0 Å². The van der Waals surface area contributed by atoms with E-state index in [9.17, 15) is 0 Å². The molecule has 2 nitrogen and oxygen atoms in total. The Kier molecular flexibility index (Phi) is 3.52. The first-order chi connectivity index (χ1) is 6.13. The molecule has 0 aliphatic carbocycles. The summed E-state index contributed by atoms with van der Waals surface area (Å²) in [5, 5.41) is 2.19. The Labute approximate surface area is 81.5 Å². The Hall–Kier alpha value is -0.790. The summed E-state index contributed by atoms with van der Waals surface area (Å²) in [6, 6.07) is 0. The Balaban J connectivity index is 2.96. The van der Waals surface area contributed by atoms with Gasteiger partial charge in [-0.15, -0.1) is 4.68 Å². The third-order valence-electron chi connectivity index (χ3n) is 2.40. The standard InChI is InChI=1S/C11H21N2/c1-10(2)11-8-6-5-7-9-13(11)12(3)4/h6,8,10H,5,7,9H2,1-4H3/q+1. The van der Waals surface area contributed by atoms with Crippen molar-refractivity contribution in [3.05, 3.63) is 12.2 Å². The molecule has 13 heavy (non-hydrogen) atoms. The number of hydrazone groups is 1. The maximum Gasteiger partial charge on any atom is 0.208 e. The molecule has 0 saturated heterocycles. The summed E-state index contributed by atoms with van der Waals surface area (Å²) < 4.78 is 2.37. The van der Waals surface area contributed by atoms with E-state index in [1.54, 1.807) is 0 Å². The van der Waals surface area contributed by atoms with Gasteiger partial charge in [-0.25, -0.2) is 0 Å². The fourth-order valence-corrected chi connectivity index (χ4v) is 1.70. The van der Waals surface area contributed by atoms with Gasteiger partial charge in [-0.3, -0.25) is 0 Å². The molecule has 0 spiro atoms. The van der Waals surface area contributed by atoms with Crippen LogP contribution in [0.4, 0.5) is 0 Å². The van der Waals surface area contributed by atoms with Crippen LogP contribution in [0, 0.1) is 5.92 Å². The molecule has 1 aliphatic heterocycles. The SMILES string of the molecule is CC(C)C1=[N+](N(C)C)CCCC=C1. The van der Waals surface area contributed by atoms with Gasteiger partial charge in [0.2, 0.25) is 5.71 Å². The van der Waals surface area contributed by atoms with Crippen molar-refractivity contribution in [2.75, 3.05) is 20.6 Å². The Morgan fingerprint density at radius 3 is 2.62 bits per heavy atom. The van der Waals surface area contributed by atoms with Gasteiger partial charge < -0.3 is 0 Å². The lowest BCUT2D eigenvalue weighted by Crippen LogP contribution is -2.35. The van der Waals surface area contributed by atoms with Gasteiger partial charge in [0.1, 0.15) is 0 Å². The molecule has 0 atom stereocenters. The number of rotatable bonds is 2. The topological polar surface area (TPSA) is 6.25 Å². The molecule has 1 aliphatic rings. The second-order valence-electron chi connectivity index (χ2n) is 4.09. The Bertz CT molecular complexity index is 224. The molecule has 0 bridgehead atoms. The van der Waals surface area contributed by atoms with Crippen LogP contribution in [0.25, 0.3) is 0 Å². The summed E-state index contributed by atoms with van der Waals surface area (Å²) >= 11 is 0. The highest BCUT2D eigenvalue weighted by atomic mass is 15.5. The van der Waals surface area contributed by atoms with E-state index in [4.69, 9.17) is 0 Å². The smallest absolute Gasteiger partial charge is 0.192 e. The lowest BCUT2D eigenvalue weighted by molar-refractivity contribution is -0.679. The molecular weight excluding hydrogens is 160 g/mol. The van der Waals surface area contributed by atoms with Crippen LogP contribution in [0.5, 0.6) is 0 Å².